The van der Waals surface area contributed by atoms with Gasteiger partial charge >= 0.3 is 5.97 Å². The van der Waals surface area contributed by atoms with Crippen molar-refractivity contribution in [1.82, 2.24) is 0 Å². The summed E-state index contributed by atoms with van der Waals surface area (Å²) < 4.78 is 0. The Bertz CT molecular complexity index is 1510. The number of nitro groups is 2. The lowest BCUT2D eigenvalue weighted by molar-refractivity contribution is -0.385. The van der Waals surface area contributed by atoms with Crippen molar-refractivity contribution in [3.63, 3.8) is 0 Å². The van der Waals surface area contributed by atoms with Gasteiger partial charge in [0.05, 0.1) is 21.2 Å². The van der Waals surface area contributed by atoms with Gasteiger partial charge in [-0.2, -0.15) is 5.10 Å². The van der Waals surface area contributed by atoms with Crippen molar-refractivity contribution in [2.75, 3.05) is 10.3 Å². The molecule has 3 aromatic rings. The molecule has 36 heavy (non-hydrogen) atoms. The van der Waals surface area contributed by atoms with Crippen LogP contribution in [0.5, 0.6) is 0 Å². The number of anilines is 2. The number of nitrogens with one attached hydrogen (secondary N) is 1. The summed E-state index contributed by atoms with van der Waals surface area (Å²) >= 11 is 0. The lowest BCUT2D eigenvalue weighted by atomic mass is 9.84. The number of ketones is 1. The van der Waals surface area contributed by atoms with Crippen LogP contribution in [0.15, 0.2) is 83.6 Å². The van der Waals surface area contributed by atoms with Gasteiger partial charge in [-0.05, 0) is 23.8 Å². The van der Waals surface area contributed by atoms with Crippen molar-refractivity contribution in [1.29, 1.82) is 0 Å². The highest BCUT2D eigenvalue weighted by molar-refractivity contribution is 6.53. The fraction of sp³-hybridized carbons (Fsp3) is 0.0417. The molecule has 0 aromatic heterocycles. The third-order valence-corrected chi connectivity index (χ3v) is 5.82. The van der Waals surface area contributed by atoms with Gasteiger partial charge in [0.1, 0.15) is 11.8 Å². The molecular weight excluding hydrogens is 470 g/mol. The zero-order chi connectivity index (χ0) is 25.6. The number of fused-ring (bicyclic) bond motifs is 2. The highest BCUT2D eigenvalue weighted by Gasteiger charge is 2.43. The van der Waals surface area contributed by atoms with Crippen molar-refractivity contribution in [3.8, 4) is 0 Å². The summed E-state index contributed by atoms with van der Waals surface area (Å²) in [6, 6.07) is 16.3. The number of carboxylic acids is 1. The number of carbonyl (C=O) groups excluding carboxylic acids is 1. The average molecular weight is 485 g/mol. The van der Waals surface area contributed by atoms with Crippen molar-refractivity contribution in [2.45, 2.75) is 6.04 Å². The molecule has 12 heteroatoms. The van der Waals surface area contributed by atoms with Crippen LogP contribution >= 0.6 is 0 Å². The van der Waals surface area contributed by atoms with E-state index in [4.69, 9.17) is 0 Å². The molecule has 2 aliphatic rings. The SMILES string of the molecule is O=C(O)C1=C(c2ccccc2)C2Nc3cc([N+](=O)[O-])ccc3C(=O)C2=NN1c1ccc([N+](=O)[O-])cc1. The van der Waals surface area contributed by atoms with E-state index in [-0.39, 0.29) is 45.3 Å². The normalized spacial score (nSPS) is 16.4. The van der Waals surface area contributed by atoms with Crippen LogP contribution in [0.3, 0.4) is 0 Å². The summed E-state index contributed by atoms with van der Waals surface area (Å²) in [5.74, 6) is -1.89. The molecule has 0 radical (unpaired) electrons. The number of hydrogen-bond acceptors (Lipinski definition) is 9. The van der Waals surface area contributed by atoms with Crippen LogP contribution in [0.25, 0.3) is 5.57 Å². The largest absolute Gasteiger partial charge is 0.476 e. The smallest absolute Gasteiger partial charge is 0.354 e. The van der Waals surface area contributed by atoms with Gasteiger partial charge in [0.15, 0.2) is 5.70 Å². The van der Waals surface area contributed by atoms with E-state index in [9.17, 15) is 34.9 Å². The van der Waals surface area contributed by atoms with Crippen molar-refractivity contribution >= 4 is 45.8 Å². The van der Waals surface area contributed by atoms with Crippen molar-refractivity contribution < 1.29 is 24.5 Å². The van der Waals surface area contributed by atoms with E-state index in [0.717, 1.165) is 5.01 Å². The van der Waals surface area contributed by atoms with Crippen LogP contribution in [0.2, 0.25) is 0 Å². The Hall–Kier alpha value is -5.39. The van der Waals surface area contributed by atoms with E-state index in [2.05, 4.69) is 10.4 Å². The molecule has 1 unspecified atom stereocenters. The molecule has 0 fully saturated rings. The number of nitrogens with zero attached hydrogens (tertiary/aromatic N) is 4. The molecule has 0 saturated heterocycles. The quantitative estimate of drug-likeness (QED) is 0.403. The first-order valence-electron chi connectivity index (χ1n) is 10.5. The van der Waals surface area contributed by atoms with Crippen LogP contribution in [-0.4, -0.2) is 38.5 Å². The molecule has 2 N–H and O–H groups in total. The molecule has 0 saturated carbocycles. The summed E-state index contributed by atoms with van der Waals surface area (Å²) in [4.78, 5) is 47.2. The maximum absolute atomic E-state index is 13.5. The minimum Gasteiger partial charge on any atom is -0.476 e. The zero-order valence-corrected chi connectivity index (χ0v) is 18.2. The maximum atomic E-state index is 13.5. The Balaban J connectivity index is 1.75. The number of carbonyl (C=O) groups is 2. The lowest BCUT2D eigenvalue weighted by Gasteiger charge is -2.37. The van der Waals surface area contributed by atoms with Crippen LogP contribution < -0.4 is 10.3 Å². The molecule has 3 aromatic carbocycles. The predicted octanol–water partition coefficient (Wildman–Crippen LogP) is 3.85. The van der Waals surface area contributed by atoms with E-state index >= 15 is 0 Å². The number of non-ortho nitro benzene ring substituents is 2. The van der Waals surface area contributed by atoms with Gasteiger partial charge in [0.2, 0.25) is 5.78 Å². The van der Waals surface area contributed by atoms with Gasteiger partial charge in [0.25, 0.3) is 11.4 Å². The second-order valence-corrected chi connectivity index (χ2v) is 7.90. The first-order chi connectivity index (χ1) is 17.3. The third-order valence-electron chi connectivity index (χ3n) is 5.82. The highest BCUT2D eigenvalue weighted by Crippen LogP contribution is 2.39. The van der Waals surface area contributed by atoms with E-state index in [1.807, 2.05) is 0 Å². The number of hydrogen-bond donors (Lipinski definition) is 2. The summed E-state index contributed by atoms with van der Waals surface area (Å²) in [5.41, 5.74) is 0.463. The minimum absolute atomic E-state index is 0.0291. The minimum atomic E-state index is -1.35. The number of rotatable bonds is 5. The van der Waals surface area contributed by atoms with Crippen molar-refractivity contribution in [3.05, 3.63) is 110 Å². The first-order valence-corrected chi connectivity index (χ1v) is 10.5. The van der Waals surface area contributed by atoms with E-state index in [1.54, 1.807) is 30.3 Å². The van der Waals surface area contributed by atoms with Gasteiger partial charge in [-0.25, -0.2) is 9.80 Å². The first kappa shape index (κ1) is 22.4. The number of carboxylic acid groups (broad SMARTS) is 1. The predicted molar refractivity (Wildman–Crippen MR) is 129 cm³/mol. The second kappa shape index (κ2) is 8.43. The molecular formula is C24H15N5O7. The van der Waals surface area contributed by atoms with Crippen LogP contribution in [-0.2, 0) is 4.79 Å². The van der Waals surface area contributed by atoms with E-state index in [1.165, 1.54) is 42.5 Å². The highest BCUT2D eigenvalue weighted by atomic mass is 16.6. The van der Waals surface area contributed by atoms with E-state index in [0.29, 0.717) is 5.56 Å². The third kappa shape index (κ3) is 3.62. The number of nitro benzene ring substituents is 2. The van der Waals surface area contributed by atoms with Gasteiger partial charge < -0.3 is 10.4 Å². The molecule has 0 amide bonds. The van der Waals surface area contributed by atoms with Gasteiger partial charge in [-0.15, -0.1) is 0 Å². The monoisotopic (exact) mass is 485 g/mol. The molecule has 1 atom stereocenters. The fourth-order valence-corrected chi connectivity index (χ4v) is 4.21. The van der Waals surface area contributed by atoms with E-state index < -0.39 is 27.6 Å². The number of aliphatic carboxylic acids is 1. The van der Waals surface area contributed by atoms with Crippen molar-refractivity contribution in [2.24, 2.45) is 5.10 Å². The van der Waals surface area contributed by atoms with Crippen LogP contribution in [0, 0.1) is 20.2 Å². The Morgan fingerprint density at radius 1 is 0.944 bits per heavy atom. The molecule has 12 nitrogen and oxygen atoms in total. The summed E-state index contributed by atoms with van der Waals surface area (Å²) in [6.07, 6.45) is 0. The number of hydrazone groups is 1. The molecule has 178 valence electrons. The topological polar surface area (TPSA) is 168 Å². The Kier molecular flexibility index (Phi) is 5.25. The molecule has 2 aliphatic heterocycles. The Morgan fingerprint density at radius 2 is 1.58 bits per heavy atom. The van der Waals surface area contributed by atoms with Gasteiger partial charge in [-0.1, -0.05) is 30.3 Å². The standard InChI is InChI=1S/C24H15N5O7/c30-23-17-11-10-16(29(35)36)12-18(17)25-20-19(13-4-2-1-3-5-13)22(24(31)32)27(26-21(20)23)14-6-8-15(9-7-14)28(33)34/h1-12,20,25H,(H,31,32). The van der Waals surface area contributed by atoms with Gasteiger partial charge in [0, 0.05) is 35.4 Å². The van der Waals surface area contributed by atoms with Gasteiger partial charge in [-0.3, -0.25) is 25.0 Å². The Morgan fingerprint density at radius 3 is 2.19 bits per heavy atom. The molecule has 0 bridgehead atoms. The summed E-state index contributed by atoms with van der Waals surface area (Å²) in [7, 11) is 0. The maximum Gasteiger partial charge on any atom is 0.354 e. The fourth-order valence-electron chi connectivity index (χ4n) is 4.21. The second-order valence-electron chi connectivity index (χ2n) is 7.90. The summed E-state index contributed by atoms with van der Waals surface area (Å²) in [5, 5.41) is 41.1. The molecule has 0 aliphatic carbocycles. The number of benzene rings is 3. The Labute approximate surface area is 202 Å². The molecule has 0 spiro atoms. The number of Topliss-reactive ketones (excluding diaryl/α,β-unsaturated/α-hetero) is 1. The van der Waals surface area contributed by atoms with Crippen LogP contribution in [0.4, 0.5) is 22.7 Å². The average Bonchev–Trinajstić information content (AvgIpc) is 2.88. The molecule has 5 rings (SSSR count). The zero-order valence-electron chi connectivity index (χ0n) is 18.2. The lowest BCUT2D eigenvalue weighted by Crippen LogP contribution is -2.47. The van der Waals surface area contributed by atoms with Crippen LogP contribution in [0.1, 0.15) is 15.9 Å². The summed E-state index contributed by atoms with van der Waals surface area (Å²) in [6.45, 7) is 0. The molecule has 2 heterocycles.